The van der Waals surface area contributed by atoms with Gasteiger partial charge in [-0.1, -0.05) is 0 Å². The predicted octanol–water partition coefficient (Wildman–Crippen LogP) is -1.41. The highest BCUT2D eigenvalue weighted by atomic mass is 35.5. The molecule has 6 atom stereocenters. The molecule has 1 aliphatic carbocycles. The molecule has 0 radical (unpaired) electrons. The molecule has 0 spiro atoms. The summed E-state index contributed by atoms with van der Waals surface area (Å²) in [4.78, 5) is 18.3. The van der Waals surface area contributed by atoms with Crippen molar-refractivity contribution in [1.29, 1.82) is 0 Å². The molecular formula is C15H28ClFN6O3S. The van der Waals surface area contributed by atoms with Crippen LogP contribution in [-0.4, -0.2) is 87.6 Å². The van der Waals surface area contributed by atoms with Crippen LogP contribution in [0.2, 0.25) is 0 Å². The molecule has 1 amide bonds. The normalized spacial score (nSPS) is 39.0. The Kier molecular flexibility index (Phi) is 6.61. The Labute approximate surface area is 164 Å². The van der Waals surface area contributed by atoms with Gasteiger partial charge in [-0.3, -0.25) is 30.7 Å². The number of carbonyl (C=O) groups excluding carboxylic acids is 1. The van der Waals surface area contributed by atoms with Crippen molar-refractivity contribution >= 4 is 27.5 Å². The number of amides is 1. The van der Waals surface area contributed by atoms with E-state index in [1.165, 1.54) is 0 Å². The number of halogens is 2. The largest absolute Gasteiger partial charge is 0.300 e. The summed E-state index contributed by atoms with van der Waals surface area (Å²) in [5, 5.41) is 5.42. The third-order valence-electron chi connectivity index (χ3n) is 5.65. The van der Waals surface area contributed by atoms with Crippen molar-refractivity contribution in [2.75, 3.05) is 40.4 Å². The summed E-state index contributed by atoms with van der Waals surface area (Å²) >= 11 is 6.18. The minimum absolute atomic E-state index is 0.0550. The summed E-state index contributed by atoms with van der Waals surface area (Å²) in [6.45, 7) is 2.66. The Balaban J connectivity index is 1.60. The maximum Gasteiger partial charge on any atom is 0.258 e. The molecule has 3 aliphatic rings. The Morgan fingerprint density at radius 3 is 2.59 bits per heavy atom. The first-order chi connectivity index (χ1) is 12.7. The lowest BCUT2D eigenvalue weighted by molar-refractivity contribution is -0.129. The number of alkyl halides is 2. The van der Waals surface area contributed by atoms with E-state index in [-0.39, 0.29) is 12.0 Å². The molecule has 2 saturated heterocycles. The second-order valence-corrected chi connectivity index (χ2v) is 10.0. The van der Waals surface area contributed by atoms with Crippen LogP contribution in [0, 0.1) is 11.8 Å². The fraction of sp³-hybridized carbons (Fsp3) is 0.933. The van der Waals surface area contributed by atoms with E-state index in [1.807, 2.05) is 7.05 Å². The van der Waals surface area contributed by atoms with Gasteiger partial charge in [0.15, 0.2) is 5.50 Å². The standard InChI is InChI=1S/C15H28ClFN6O3S/c1-22-7-12(19-8-22)9-5-10(13(17)11(16)6-9)14(24)20-21-27(25,26)15-18-3-4-23(15)2/h9-13,15,18-19,21H,3-8H2,1-2H3,(H,20,24). The molecule has 156 valence electrons. The smallest absolute Gasteiger partial charge is 0.258 e. The van der Waals surface area contributed by atoms with E-state index >= 15 is 0 Å². The summed E-state index contributed by atoms with van der Waals surface area (Å²) in [6, 6.07) is 0.145. The van der Waals surface area contributed by atoms with E-state index < -0.39 is 38.9 Å². The molecule has 0 aromatic carbocycles. The third kappa shape index (κ3) is 4.72. The number of carbonyl (C=O) groups is 1. The van der Waals surface area contributed by atoms with Gasteiger partial charge in [-0.25, -0.2) is 12.8 Å². The highest BCUT2D eigenvalue weighted by Gasteiger charge is 2.44. The first-order valence-electron chi connectivity index (χ1n) is 9.13. The van der Waals surface area contributed by atoms with Crippen LogP contribution in [0.25, 0.3) is 0 Å². The lowest BCUT2D eigenvalue weighted by Crippen LogP contribution is -2.56. The zero-order chi connectivity index (χ0) is 19.8. The number of hydrogen-bond donors (Lipinski definition) is 4. The van der Waals surface area contributed by atoms with E-state index in [1.54, 1.807) is 11.9 Å². The van der Waals surface area contributed by atoms with Crippen LogP contribution in [0.1, 0.15) is 12.8 Å². The van der Waals surface area contributed by atoms with Gasteiger partial charge in [0.05, 0.1) is 11.3 Å². The van der Waals surface area contributed by atoms with Crippen molar-refractivity contribution in [3.05, 3.63) is 0 Å². The maximum absolute atomic E-state index is 14.6. The van der Waals surface area contributed by atoms with Crippen LogP contribution in [-0.2, 0) is 14.8 Å². The molecule has 6 unspecified atom stereocenters. The summed E-state index contributed by atoms with van der Waals surface area (Å²) < 4.78 is 39.2. The molecule has 0 aromatic heterocycles. The van der Waals surface area contributed by atoms with Crippen LogP contribution >= 0.6 is 11.6 Å². The first-order valence-corrected chi connectivity index (χ1v) is 11.1. The maximum atomic E-state index is 14.6. The summed E-state index contributed by atoms with van der Waals surface area (Å²) in [5.41, 5.74) is 1.25. The zero-order valence-electron chi connectivity index (χ0n) is 15.5. The molecule has 3 fully saturated rings. The number of rotatable bonds is 5. The molecule has 0 bridgehead atoms. The fourth-order valence-corrected chi connectivity index (χ4v) is 5.79. The van der Waals surface area contributed by atoms with Crippen LogP contribution in [0.15, 0.2) is 0 Å². The van der Waals surface area contributed by atoms with Gasteiger partial charge in [-0.2, -0.15) is 0 Å². The molecule has 4 N–H and O–H groups in total. The van der Waals surface area contributed by atoms with Gasteiger partial charge in [0.1, 0.15) is 6.17 Å². The van der Waals surface area contributed by atoms with Crippen LogP contribution < -0.4 is 20.9 Å². The Morgan fingerprint density at radius 1 is 1.26 bits per heavy atom. The molecule has 12 heteroatoms. The van der Waals surface area contributed by atoms with Gasteiger partial charge in [0.25, 0.3) is 10.0 Å². The monoisotopic (exact) mass is 426 g/mol. The van der Waals surface area contributed by atoms with Crippen LogP contribution in [0.3, 0.4) is 0 Å². The quantitative estimate of drug-likeness (QED) is 0.316. The van der Waals surface area contributed by atoms with Crippen LogP contribution in [0.5, 0.6) is 0 Å². The topological polar surface area (TPSA) is 106 Å². The number of hydrazine groups is 1. The average Bonchev–Trinajstić information content (AvgIpc) is 3.24. The second kappa shape index (κ2) is 8.44. The average molecular weight is 427 g/mol. The van der Waals surface area contributed by atoms with Gasteiger partial charge in [-0.05, 0) is 32.9 Å². The number of likely N-dealkylation sites (N-methyl/N-ethyl adjacent to an activating group) is 2. The third-order valence-corrected chi connectivity index (χ3v) is 7.57. The molecule has 2 aliphatic heterocycles. The second-order valence-electron chi connectivity index (χ2n) is 7.73. The van der Waals surface area contributed by atoms with Crippen molar-refractivity contribution in [2.24, 2.45) is 11.8 Å². The SMILES string of the molecule is CN1CNC(C2CC(Cl)C(F)C(C(=O)NNS(=O)(=O)C3NCCN3C)C2)C1. The number of hydrogen-bond acceptors (Lipinski definition) is 7. The molecule has 0 aromatic rings. The molecule has 27 heavy (non-hydrogen) atoms. The van der Waals surface area contributed by atoms with E-state index in [4.69, 9.17) is 11.6 Å². The lowest BCUT2D eigenvalue weighted by Gasteiger charge is -2.37. The highest BCUT2D eigenvalue weighted by Crippen LogP contribution is 2.37. The molecule has 9 nitrogen and oxygen atoms in total. The lowest BCUT2D eigenvalue weighted by atomic mass is 9.76. The summed E-state index contributed by atoms with van der Waals surface area (Å²) in [6.07, 6.45) is -0.704. The van der Waals surface area contributed by atoms with Crippen LogP contribution in [0.4, 0.5) is 4.39 Å². The zero-order valence-corrected chi connectivity index (χ0v) is 17.1. The van der Waals surface area contributed by atoms with Crippen molar-refractivity contribution < 1.29 is 17.6 Å². The number of sulfonamides is 1. The highest BCUT2D eigenvalue weighted by molar-refractivity contribution is 7.90. The molecular weight excluding hydrogens is 399 g/mol. The Bertz CT molecular complexity index is 655. The van der Waals surface area contributed by atoms with E-state index in [9.17, 15) is 17.6 Å². The summed E-state index contributed by atoms with van der Waals surface area (Å²) in [5.74, 6) is -1.62. The van der Waals surface area contributed by atoms with Gasteiger partial charge in [0, 0.05) is 32.3 Å². The Morgan fingerprint density at radius 2 is 2.00 bits per heavy atom. The first kappa shape index (κ1) is 21.2. The van der Waals surface area contributed by atoms with E-state index in [2.05, 4.69) is 25.8 Å². The number of nitrogens with one attached hydrogen (secondary N) is 4. The van der Waals surface area contributed by atoms with Gasteiger partial charge >= 0.3 is 0 Å². The van der Waals surface area contributed by atoms with E-state index in [0.29, 0.717) is 25.9 Å². The number of nitrogens with zero attached hydrogens (tertiary/aromatic N) is 2. The Hall–Kier alpha value is -0.560. The molecule has 2 heterocycles. The van der Waals surface area contributed by atoms with Gasteiger partial charge in [0.2, 0.25) is 5.91 Å². The summed E-state index contributed by atoms with van der Waals surface area (Å²) in [7, 11) is -0.201. The van der Waals surface area contributed by atoms with Gasteiger partial charge in [-0.15, -0.1) is 16.4 Å². The predicted molar refractivity (Wildman–Crippen MR) is 99.8 cm³/mol. The minimum Gasteiger partial charge on any atom is -0.300 e. The molecule has 1 saturated carbocycles. The van der Waals surface area contributed by atoms with Crippen molar-refractivity contribution in [3.63, 3.8) is 0 Å². The van der Waals surface area contributed by atoms with Gasteiger partial charge < -0.3 is 0 Å². The van der Waals surface area contributed by atoms with Crippen molar-refractivity contribution in [1.82, 2.24) is 30.7 Å². The minimum atomic E-state index is -3.85. The van der Waals surface area contributed by atoms with Crippen molar-refractivity contribution in [3.8, 4) is 0 Å². The molecule has 3 rings (SSSR count). The van der Waals surface area contributed by atoms with E-state index in [0.717, 1.165) is 13.2 Å². The fourth-order valence-electron chi connectivity index (χ4n) is 4.11. The van der Waals surface area contributed by atoms with Crippen molar-refractivity contribution in [2.45, 2.75) is 35.9 Å².